The molecular formula is C18H15ClN2O. The Bertz CT molecular complexity index is 818. The monoisotopic (exact) mass is 310 g/mol. The molecule has 1 heterocycles. The van der Waals surface area contributed by atoms with Gasteiger partial charge in [0, 0.05) is 11.6 Å². The van der Waals surface area contributed by atoms with E-state index in [4.69, 9.17) is 16.3 Å². The average Bonchev–Trinajstić information content (AvgIpc) is 2.49. The van der Waals surface area contributed by atoms with Crippen LogP contribution >= 0.6 is 11.6 Å². The van der Waals surface area contributed by atoms with Crippen LogP contribution in [0.15, 0.2) is 54.6 Å². The zero-order chi connectivity index (χ0) is 15.5. The molecule has 0 N–H and O–H groups in total. The number of aromatic nitrogens is 2. The maximum Gasteiger partial charge on any atom is 0.226 e. The predicted molar refractivity (Wildman–Crippen MR) is 88.5 cm³/mol. The van der Waals surface area contributed by atoms with E-state index in [1.807, 2.05) is 62.4 Å². The van der Waals surface area contributed by atoms with Gasteiger partial charge in [-0.1, -0.05) is 42.5 Å². The normalized spacial score (nSPS) is 10.5. The van der Waals surface area contributed by atoms with Crippen LogP contribution in [0.3, 0.4) is 0 Å². The van der Waals surface area contributed by atoms with Crippen molar-refractivity contribution in [3.63, 3.8) is 0 Å². The Hall–Kier alpha value is -2.39. The highest BCUT2D eigenvalue weighted by Crippen LogP contribution is 2.29. The number of benzene rings is 2. The molecule has 3 aromatic rings. The molecule has 22 heavy (non-hydrogen) atoms. The lowest BCUT2D eigenvalue weighted by Gasteiger charge is -2.10. The minimum atomic E-state index is 0.171. The Kier molecular flexibility index (Phi) is 4.07. The largest absolute Gasteiger partial charge is 0.439 e. The molecule has 0 atom stereocenters. The lowest BCUT2D eigenvalue weighted by atomic mass is 10.1. The molecule has 0 aliphatic heterocycles. The fraction of sp³-hybridized carbons (Fsp3) is 0.111. The van der Waals surface area contributed by atoms with Crippen molar-refractivity contribution < 1.29 is 4.74 Å². The van der Waals surface area contributed by atoms with Crippen LogP contribution in [0.5, 0.6) is 11.6 Å². The molecule has 110 valence electrons. The van der Waals surface area contributed by atoms with E-state index >= 15 is 0 Å². The fourth-order valence-electron chi connectivity index (χ4n) is 2.23. The molecule has 1 aromatic heterocycles. The molecule has 0 aliphatic carbocycles. The van der Waals surface area contributed by atoms with Crippen molar-refractivity contribution in [3.8, 4) is 22.9 Å². The Morgan fingerprint density at radius 2 is 1.55 bits per heavy atom. The van der Waals surface area contributed by atoms with Gasteiger partial charge in [0.15, 0.2) is 0 Å². The SMILES string of the molecule is Cc1ccccc1Oc1cc(-c2ccccc2C)nc(Cl)n1. The number of ether oxygens (including phenoxy) is 1. The first-order valence-electron chi connectivity index (χ1n) is 6.97. The van der Waals surface area contributed by atoms with Crippen LogP contribution in [0.2, 0.25) is 5.28 Å². The number of hydrogen-bond acceptors (Lipinski definition) is 3. The second-order valence-electron chi connectivity index (χ2n) is 5.04. The molecule has 0 aliphatic rings. The highest BCUT2D eigenvalue weighted by molar-refractivity contribution is 6.28. The molecule has 0 unspecified atom stereocenters. The lowest BCUT2D eigenvalue weighted by Crippen LogP contribution is -1.95. The smallest absolute Gasteiger partial charge is 0.226 e. The van der Waals surface area contributed by atoms with Gasteiger partial charge in [-0.3, -0.25) is 0 Å². The number of rotatable bonds is 3. The summed E-state index contributed by atoms with van der Waals surface area (Å²) in [4.78, 5) is 8.46. The van der Waals surface area contributed by atoms with Gasteiger partial charge in [0.25, 0.3) is 0 Å². The van der Waals surface area contributed by atoms with E-state index in [2.05, 4.69) is 9.97 Å². The van der Waals surface area contributed by atoms with Crippen molar-refractivity contribution in [2.75, 3.05) is 0 Å². The van der Waals surface area contributed by atoms with E-state index < -0.39 is 0 Å². The van der Waals surface area contributed by atoms with Crippen molar-refractivity contribution in [1.29, 1.82) is 0 Å². The van der Waals surface area contributed by atoms with Crippen LogP contribution in [-0.4, -0.2) is 9.97 Å². The molecule has 0 radical (unpaired) electrons. The molecule has 3 rings (SSSR count). The molecule has 0 saturated heterocycles. The molecular weight excluding hydrogens is 296 g/mol. The first-order valence-corrected chi connectivity index (χ1v) is 7.35. The van der Waals surface area contributed by atoms with Gasteiger partial charge in [0.2, 0.25) is 11.2 Å². The summed E-state index contributed by atoms with van der Waals surface area (Å²) in [6.07, 6.45) is 0. The molecule has 0 bridgehead atoms. The summed E-state index contributed by atoms with van der Waals surface area (Å²) in [5.74, 6) is 1.19. The summed E-state index contributed by atoms with van der Waals surface area (Å²) >= 11 is 6.06. The number of halogens is 1. The van der Waals surface area contributed by atoms with Gasteiger partial charge in [-0.05, 0) is 42.6 Å². The van der Waals surface area contributed by atoms with Gasteiger partial charge in [-0.25, -0.2) is 4.98 Å². The molecule has 2 aromatic carbocycles. The summed E-state index contributed by atoms with van der Waals surface area (Å²) in [5, 5.41) is 0.171. The molecule has 0 amide bonds. The second kappa shape index (κ2) is 6.16. The van der Waals surface area contributed by atoms with Crippen LogP contribution in [0, 0.1) is 13.8 Å². The van der Waals surface area contributed by atoms with Crippen molar-refractivity contribution in [2.24, 2.45) is 0 Å². The summed E-state index contributed by atoms with van der Waals surface area (Å²) in [6.45, 7) is 4.02. The van der Waals surface area contributed by atoms with E-state index in [0.29, 0.717) is 5.88 Å². The highest BCUT2D eigenvalue weighted by atomic mass is 35.5. The summed E-state index contributed by atoms with van der Waals surface area (Å²) in [5.41, 5.74) is 3.93. The zero-order valence-corrected chi connectivity index (χ0v) is 13.1. The van der Waals surface area contributed by atoms with Crippen molar-refractivity contribution >= 4 is 11.6 Å². The van der Waals surface area contributed by atoms with Gasteiger partial charge in [-0.15, -0.1) is 0 Å². The second-order valence-corrected chi connectivity index (χ2v) is 5.38. The predicted octanol–water partition coefficient (Wildman–Crippen LogP) is 5.21. The maximum absolute atomic E-state index is 6.06. The van der Waals surface area contributed by atoms with Crippen LogP contribution in [0.1, 0.15) is 11.1 Å². The topological polar surface area (TPSA) is 35.0 Å². The minimum absolute atomic E-state index is 0.171. The first kappa shape index (κ1) is 14.5. The van der Waals surface area contributed by atoms with Crippen molar-refractivity contribution in [2.45, 2.75) is 13.8 Å². The summed E-state index contributed by atoms with van der Waals surface area (Å²) in [7, 11) is 0. The third-order valence-corrected chi connectivity index (χ3v) is 3.57. The van der Waals surface area contributed by atoms with Gasteiger partial charge in [0.05, 0.1) is 5.69 Å². The van der Waals surface area contributed by atoms with E-state index in [-0.39, 0.29) is 5.28 Å². The maximum atomic E-state index is 6.06. The Labute approximate surface area is 134 Å². The van der Waals surface area contributed by atoms with E-state index in [1.165, 1.54) is 0 Å². The van der Waals surface area contributed by atoms with Crippen LogP contribution in [0.4, 0.5) is 0 Å². The van der Waals surface area contributed by atoms with Gasteiger partial charge in [0.1, 0.15) is 5.75 Å². The molecule has 3 nitrogen and oxygen atoms in total. The number of hydrogen-bond donors (Lipinski definition) is 0. The van der Waals surface area contributed by atoms with E-state index in [9.17, 15) is 0 Å². The summed E-state index contributed by atoms with van der Waals surface area (Å²) in [6, 6.07) is 17.6. The zero-order valence-electron chi connectivity index (χ0n) is 12.4. The molecule has 0 fully saturated rings. The quantitative estimate of drug-likeness (QED) is 0.623. The molecule has 0 saturated carbocycles. The minimum Gasteiger partial charge on any atom is -0.439 e. The molecule has 0 spiro atoms. The van der Waals surface area contributed by atoms with Crippen LogP contribution in [-0.2, 0) is 0 Å². The third kappa shape index (κ3) is 3.10. The third-order valence-electron chi connectivity index (χ3n) is 3.40. The van der Waals surface area contributed by atoms with Gasteiger partial charge < -0.3 is 4.74 Å². The van der Waals surface area contributed by atoms with Crippen molar-refractivity contribution in [3.05, 3.63) is 71.0 Å². The van der Waals surface area contributed by atoms with E-state index in [0.717, 1.165) is 28.1 Å². The fourth-order valence-corrected chi connectivity index (χ4v) is 2.41. The van der Waals surface area contributed by atoms with Crippen molar-refractivity contribution in [1.82, 2.24) is 9.97 Å². The highest BCUT2D eigenvalue weighted by Gasteiger charge is 2.09. The average molecular weight is 311 g/mol. The van der Waals surface area contributed by atoms with E-state index in [1.54, 1.807) is 6.07 Å². The number of para-hydroxylation sites is 1. The van der Waals surface area contributed by atoms with Gasteiger partial charge >= 0.3 is 0 Å². The number of nitrogens with zero attached hydrogens (tertiary/aromatic N) is 2. The lowest BCUT2D eigenvalue weighted by molar-refractivity contribution is 0.458. The van der Waals surface area contributed by atoms with Crippen LogP contribution < -0.4 is 4.74 Å². The number of aryl methyl sites for hydroxylation is 2. The first-order chi connectivity index (χ1) is 10.6. The van der Waals surface area contributed by atoms with Gasteiger partial charge in [-0.2, -0.15) is 4.98 Å². The standard InChI is InChI=1S/C18H15ClN2O/c1-12-7-3-5-9-14(12)15-11-17(21-18(19)20-15)22-16-10-6-4-8-13(16)2/h3-11H,1-2H3. The Morgan fingerprint density at radius 1 is 0.864 bits per heavy atom. The summed E-state index contributed by atoms with van der Waals surface area (Å²) < 4.78 is 5.86. The Morgan fingerprint density at radius 3 is 2.27 bits per heavy atom. The molecule has 4 heteroatoms. The Balaban J connectivity index is 2.01. The van der Waals surface area contributed by atoms with Crippen LogP contribution in [0.25, 0.3) is 11.3 Å².